The fraction of sp³-hybridized carbons (Fsp3) is 0.500. The van der Waals surface area contributed by atoms with Gasteiger partial charge in [0.2, 0.25) is 5.84 Å². The summed E-state index contributed by atoms with van der Waals surface area (Å²) >= 11 is 0. The first-order chi connectivity index (χ1) is 11.1. The molecule has 2 heterocycles. The lowest BCUT2D eigenvalue weighted by atomic mass is 10.4. The summed E-state index contributed by atoms with van der Waals surface area (Å²) in [6.07, 6.45) is 4.48. The Morgan fingerprint density at radius 3 is 2.87 bits per heavy atom. The molecule has 0 atom stereocenters. The van der Waals surface area contributed by atoms with Gasteiger partial charge in [0.05, 0.1) is 19.4 Å². The number of amidine groups is 1. The maximum absolute atomic E-state index is 12.0. The molecule has 1 aliphatic rings. The van der Waals surface area contributed by atoms with Crippen molar-refractivity contribution in [1.82, 2.24) is 19.0 Å². The average molecular weight is 342 g/mol. The highest BCUT2D eigenvalue weighted by Crippen LogP contribution is 2.02. The van der Waals surface area contributed by atoms with E-state index in [1.807, 2.05) is 0 Å². The summed E-state index contributed by atoms with van der Waals surface area (Å²) in [6.45, 7) is 4.97. The molecule has 10 nitrogen and oxygen atoms in total. The molecule has 0 spiro atoms. The molecule has 0 bridgehead atoms. The van der Waals surface area contributed by atoms with Gasteiger partial charge in [-0.25, -0.2) is 9.98 Å². The zero-order chi connectivity index (χ0) is 16.5. The largest absolute Gasteiger partial charge is 0.393 e. The highest BCUT2D eigenvalue weighted by molar-refractivity contribution is 7.87. The number of aliphatic imine (C=N–C) groups is 1. The molecular weight excluding hydrogens is 324 g/mol. The summed E-state index contributed by atoms with van der Waals surface area (Å²) in [5.74, 6) is 0.175. The Morgan fingerprint density at radius 1 is 1.43 bits per heavy atom. The van der Waals surface area contributed by atoms with Gasteiger partial charge in [0.1, 0.15) is 12.3 Å². The first kappa shape index (κ1) is 17.4. The van der Waals surface area contributed by atoms with Gasteiger partial charge in [0, 0.05) is 32.0 Å². The van der Waals surface area contributed by atoms with E-state index in [1.54, 1.807) is 0 Å². The SMILES string of the molecule is C=N/C(=N\OCCNS(=O)(=O)N1CCOCC1)c1cnccn1. The van der Waals surface area contributed by atoms with E-state index in [2.05, 4.69) is 31.6 Å². The van der Waals surface area contributed by atoms with E-state index >= 15 is 0 Å². The smallest absolute Gasteiger partial charge is 0.279 e. The monoisotopic (exact) mass is 342 g/mol. The van der Waals surface area contributed by atoms with E-state index in [-0.39, 0.29) is 19.0 Å². The van der Waals surface area contributed by atoms with Crippen LogP contribution in [0.2, 0.25) is 0 Å². The van der Waals surface area contributed by atoms with E-state index in [9.17, 15) is 8.42 Å². The van der Waals surface area contributed by atoms with E-state index < -0.39 is 10.2 Å². The molecule has 1 N–H and O–H groups in total. The van der Waals surface area contributed by atoms with Gasteiger partial charge in [-0.15, -0.1) is 0 Å². The Bertz CT molecular complexity index is 630. The van der Waals surface area contributed by atoms with E-state index in [0.29, 0.717) is 32.0 Å². The lowest BCUT2D eigenvalue weighted by Crippen LogP contribution is -2.47. The van der Waals surface area contributed by atoms with Crippen molar-refractivity contribution in [2.45, 2.75) is 0 Å². The summed E-state index contributed by atoms with van der Waals surface area (Å²) in [6, 6.07) is 0. The topological polar surface area (TPSA) is 118 Å². The van der Waals surface area contributed by atoms with Gasteiger partial charge in [-0.2, -0.15) is 17.4 Å². The quantitative estimate of drug-likeness (QED) is 0.294. The standard InChI is InChI=1S/C12H18N6O4S/c1-13-12(11-10-14-2-3-15-11)17-22-7-4-16-23(19,20)18-5-8-21-9-6-18/h2-3,10,16H,1,4-9H2/b17-12-. The summed E-state index contributed by atoms with van der Waals surface area (Å²) in [5, 5.41) is 3.76. The molecule has 23 heavy (non-hydrogen) atoms. The second-order valence-electron chi connectivity index (χ2n) is 4.41. The van der Waals surface area contributed by atoms with E-state index in [1.165, 1.54) is 22.9 Å². The van der Waals surface area contributed by atoms with Crippen LogP contribution in [0, 0.1) is 0 Å². The third-order valence-electron chi connectivity index (χ3n) is 2.88. The maximum Gasteiger partial charge on any atom is 0.279 e. The second kappa shape index (κ2) is 8.62. The number of rotatable bonds is 7. The normalized spacial score (nSPS) is 17.0. The van der Waals surface area contributed by atoms with Crippen molar-refractivity contribution in [2.24, 2.45) is 10.1 Å². The van der Waals surface area contributed by atoms with Crippen LogP contribution < -0.4 is 4.72 Å². The van der Waals surface area contributed by atoms with Crippen LogP contribution in [0.4, 0.5) is 0 Å². The molecule has 1 aliphatic heterocycles. The van der Waals surface area contributed by atoms with E-state index in [0.717, 1.165) is 0 Å². The van der Waals surface area contributed by atoms with E-state index in [4.69, 9.17) is 9.57 Å². The number of hydrogen-bond donors (Lipinski definition) is 1. The van der Waals surface area contributed by atoms with Crippen LogP contribution in [0.5, 0.6) is 0 Å². The summed E-state index contributed by atoms with van der Waals surface area (Å²) in [4.78, 5) is 16.6. The molecule has 0 radical (unpaired) electrons. The molecule has 0 unspecified atom stereocenters. The molecule has 1 aromatic heterocycles. The number of nitrogens with zero attached hydrogens (tertiary/aromatic N) is 5. The molecule has 0 aromatic carbocycles. The third-order valence-corrected chi connectivity index (χ3v) is 4.49. The highest BCUT2D eigenvalue weighted by atomic mass is 32.2. The van der Waals surface area contributed by atoms with Crippen LogP contribution in [0.25, 0.3) is 0 Å². The predicted octanol–water partition coefficient (Wildman–Crippen LogP) is -0.978. The first-order valence-electron chi connectivity index (χ1n) is 6.89. The van der Waals surface area contributed by atoms with Crippen molar-refractivity contribution >= 4 is 22.8 Å². The highest BCUT2D eigenvalue weighted by Gasteiger charge is 2.23. The Kier molecular flexibility index (Phi) is 6.52. The second-order valence-corrected chi connectivity index (χ2v) is 6.16. The lowest BCUT2D eigenvalue weighted by Gasteiger charge is -2.25. The van der Waals surface area contributed by atoms with Crippen molar-refractivity contribution < 1.29 is 18.0 Å². The molecule has 1 aromatic rings. The van der Waals surface area contributed by atoms with Crippen LogP contribution in [-0.2, 0) is 19.8 Å². The molecule has 0 amide bonds. The van der Waals surface area contributed by atoms with Crippen LogP contribution >= 0.6 is 0 Å². The summed E-state index contributed by atoms with van der Waals surface area (Å²) in [5.41, 5.74) is 0.413. The zero-order valence-corrected chi connectivity index (χ0v) is 13.3. The van der Waals surface area contributed by atoms with Crippen molar-refractivity contribution in [1.29, 1.82) is 0 Å². The van der Waals surface area contributed by atoms with Crippen LogP contribution in [0.15, 0.2) is 28.7 Å². The Hall–Kier alpha value is -1.95. The Labute approximate surface area is 134 Å². The lowest BCUT2D eigenvalue weighted by molar-refractivity contribution is 0.0722. The molecule has 0 saturated carbocycles. The van der Waals surface area contributed by atoms with Crippen molar-refractivity contribution in [3.8, 4) is 0 Å². The number of nitrogens with one attached hydrogen (secondary N) is 1. The summed E-state index contributed by atoms with van der Waals surface area (Å²) in [7, 11) is -3.53. The number of hydrogen-bond acceptors (Lipinski definition) is 7. The van der Waals surface area contributed by atoms with Gasteiger partial charge in [-0.3, -0.25) is 4.98 Å². The molecule has 1 fully saturated rings. The minimum Gasteiger partial charge on any atom is -0.393 e. The van der Waals surface area contributed by atoms with Crippen LogP contribution in [-0.4, -0.2) is 74.7 Å². The predicted molar refractivity (Wildman–Crippen MR) is 83.4 cm³/mol. The van der Waals surface area contributed by atoms with Gasteiger partial charge in [0.25, 0.3) is 10.2 Å². The van der Waals surface area contributed by atoms with Crippen molar-refractivity contribution in [3.05, 3.63) is 24.3 Å². The molecule has 126 valence electrons. The molecule has 2 rings (SSSR count). The van der Waals surface area contributed by atoms with Crippen molar-refractivity contribution in [2.75, 3.05) is 39.5 Å². The number of ether oxygens (including phenoxy) is 1. The first-order valence-corrected chi connectivity index (χ1v) is 8.33. The fourth-order valence-electron chi connectivity index (χ4n) is 1.77. The van der Waals surface area contributed by atoms with Gasteiger partial charge < -0.3 is 9.57 Å². The Balaban J connectivity index is 1.78. The van der Waals surface area contributed by atoms with Gasteiger partial charge in [-0.05, 0) is 6.72 Å². The number of morpholine rings is 1. The number of oxime groups is 1. The minimum atomic E-state index is -3.53. The zero-order valence-electron chi connectivity index (χ0n) is 12.5. The number of aromatic nitrogens is 2. The maximum atomic E-state index is 12.0. The summed E-state index contributed by atoms with van der Waals surface area (Å²) < 4.78 is 32.8. The molecule has 11 heteroatoms. The fourth-order valence-corrected chi connectivity index (χ4v) is 2.93. The van der Waals surface area contributed by atoms with Crippen LogP contribution in [0.1, 0.15) is 5.69 Å². The average Bonchev–Trinajstić information content (AvgIpc) is 2.59. The van der Waals surface area contributed by atoms with Gasteiger partial charge in [0.15, 0.2) is 0 Å². The van der Waals surface area contributed by atoms with Gasteiger partial charge in [-0.1, -0.05) is 5.16 Å². The molecule has 1 saturated heterocycles. The van der Waals surface area contributed by atoms with Crippen LogP contribution in [0.3, 0.4) is 0 Å². The third kappa shape index (κ3) is 5.32. The van der Waals surface area contributed by atoms with Crippen molar-refractivity contribution in [3.63, 3.8) is 0 Å². The minimum absolute atomic E-state index is 0.0445. The Morgan fingerprint density at radius 2 is 2.22 bits per heavy atom. The van der Waals surface area contributed by atoms with Gasteiger partial charge >= 0.3 is 0 Å². The molecular formula is C12H18N6O4S. The molecule has 0 aliphatic carbocycles.